The van der Waals surface area contributed by atoms with Crippen LogP contribution in [0, 0.1) is 0 Å². The third kappa shape index (κ3) is 50.5. The highest BCUT2D eigenvalue weighted by molar-refractivity contribution is 5.71. The van der Waals surface area contributed by atoms with E-state index in [1.54, 1.807) is 0 Å². The molecule has 0 saturated heterocycles. The van der Waals surface area contributed by atoms with Crippen LogP contribution in [0.5, 0.6) is 0 Å². The van der Waals surface area contributed by atoms with Gasteiger partial charge in [-0.15, -0.1) is 0 Å². The maximum absolute atomic E-state index is 12.8. The summed E-state index contributed by atoms with van der Waals surface area (Å²) in [6.45, 7) is 6.53. The molecule has 0 radical (unpaired) electrons. The summed E-state index contributed by atoms with van der Waals surface area (Å²) in [7, 11) is 0. The molecule has 1 unspecified atom stereocenters. The molecule has 0 rings (SSSR count). The second kappa shape index (κ2) is 52.3. The Labute approximate surface area is 391 Å². The Hall–Kier alpha value is -2.37. The predicted octanol–water partition coefficient (Wildman–Crippen LogP) is 18.1. The monoisotopic (exact) mass is 885 g/mol. The van der Waals surface area contributed by atoms with Crippen LogP contribution in [0.2, 0.25) is 0 Å². The highest BCUT2D eigenvalue weighted by atomic mass is 16.6. The van der Waals surface area contributed by atoms with Gasteiger partial charge in [-0.1, -0.05) is 269 Å². The van der Waals surface area contributed by atoms with E-state index in [-0.39, 0.29) is 31.1 Å². The lowest BCUT2D eigenvalue weighted by atomic mass is 10.0. The van der Waals surface area contributed by atoms with Crippen molar-refractivity contribution >= 4 is 17.9 Å². The van der Waals surface area contributed by atoms with Crippen LogP contribution in [0.3, 0.4) is 0 Å². The summed E-state index contributed by atoms with van der Waals surface area (Å²) < 4.78 is 16.8. The topological polar surface area (TPSA) is 78.9 Å². The predicted molar refractivity (Wildman–Crippen MR) is 270 cm³/mol. The van der Waals surface area contributed by atoms with E-state index in [1.807, 2.05) is 0 Å². The Morgan fingerprint density at radius 3 is 0.952 bits per heavy atom. The van der Waals surface area contributed by atoms with Gasteiger partial charge in [0.1, 0.15) is 13.2 Å². The fraction of sp³-hybridized carbons (Fsp3) is 0.842. The maximum Gasteiger partial charge on any atom is 0.306 e. The zero-order valence-corrected chi connectivity index (χ0v) is 42.1. The van der Waals surface area contributed by atoms with Crippen molar-refractivity contribution in [3.05, 3.63) is 36.5 Å². The first-order valence-corrected chi connectivity index (χ1v) is 27.5. The van der Waals surface area contributed by atoms with Gasteiger partial charge in [0.2, 0.25) is 0 Å². The van der Waals surface area contributed by atoms with Gasteiger partial charge in [0.05, 0.1) is 0 Å². The van der Waals surface area contributed by atoms with Gasteiger partial charge in [-0.2, -0.15) is 0 Å². The van der Waals surface area contributed by atoms with Crippen LogP contribution in [-0.2, 0) is 28.6 Å². The minimum absolute atomic E-state index is 0.0741. The molecule has 1 atom stereocenters. The largest absolute Gasteiger partial charge is 0.462 e. The standard InChI is InChI=1S/C57H104O6/c1-4-7-10-13-16-19-22-25-27-29-32-35-38-41-44-47-50-56(59)62-53-54(52-61-55(58)49-46-43-40-37-34-31-24-21-18-15-12-9-6-3)63-57(60)51-48-45-42-39-36-33-30-28-26-23-20-17-14-11-8-5-2/h9,12,15,18,21,24,54H,4-8,10-11,13-14,16-17,19-20,22-23,25-53H2,1-3H3/b12-9-,18-15-,24-21-. The number of hydrogen-bond acceptors (Lipinski definition) is 6. The minimum Gasteiger partial charge on any atom is -0.462 e. The number of allylic oxidation sites excluding steroid dienone is 6. The number of hydrogen-bond donors (Lipinski definition) is 0. The third-order valence-electron chi connectivity index (χ3n) is 12.2. The molecule has 63 heavy (non-hydrogen) atoms. The minimum atomic E-state index is -0.775. The van der Waals surface area contributed by atoms with Crippen LogP contribution < -0.4 is 0 Å². The van der Waals surface area contributed by atoms with Crippen LogP contribution in [-0.4, -0.2) is 37.2 Å². The summed E-state index contributed by atoms with van der Waals surface area (Å²) in [5.74, 6) is -0.878. The van der Waals surface area contributed by atoms with Crippen LogP contribution in [0.1, 0.15) is 290 Å². The molecule has 0 aliphatic rings. The zero-order chi connectivity index (χ0) is 45.8. The van der Waals surface area contributed by atoms with Crippen molar-refractivity contribution < 1.29 is 28.6 Å². The van der Waals surface area contributed by atoms with Gasteiger partial charge < -0.3 is 14.2 Å². The third-order valence-corrected chi connectivity index (χ3v) is 12.2. The Bertz CT molecular complexity index is 1060. The SMILES string of the molecule is CC\C=C/C=C\C=C/CCCCCCCC(=O)OCC(COC(=O)CCCCCCCCCCCCCCCCCC)OC(=O)CCCCCCCCCCCCCCCCCC. The molecule has 0 bridgehead atoms. The van der Waals surface area contributed by atoms with Crippen molar-refractivity contribution in [1.29, 1.82) is 0 Å². The van der Waals surface area contributed by atoms with E-state index < -0.39 is 6.10 Å². The molecule has 0 aliphatic carbocycles. The molecule has 0 N–H and O–H groups in total. The van der Waals surface area contributed by atoms with Crippen molar-refractivity contribution in [2.75, 3.05) is 13.2 Å². The molecule has 0 aromatic heterocycles. The van der Waals surface area contributed by atoms with Crippen LogP contribution in [0.4, 0.5) is 0 Å². The van der Waals surface area contributed by atoms with Crippen molar-refractivity contribution in [2.24, 2.45) is 0 Å². The maximum atomic E-state index is 12.8. The first kappa shape index (κ1) is 60.6. The first-order valence-electron chi connectivity index (χ1n) is 27.5. The van der Waals surface area contributed by atoms with Gasteiger partial charge in [-0.3, -0.25) is 14.4 Å². The highest BCUT2D eigenvalue weighted by Gasteiger charge is 2.19. The van der Waals surface area contributed by atoms with Crippen LogP contribution >= 0.6 is 0 Å². The van der Waals surface area contributed by atoms with Crippen molar-refractivity contribution in [2.45, 2.75) is 297 Å². The van der Waals surface area contributed by atoms with E-state index in [1.165, 1.54) is 167 Å². The molecule has 6 heteroatoms. The molecule has 368 valence electrons. The van der Waals surface area contributed by atoms with E-state index >= 15 is 0 Å². The lowest BCUT2D eigenvalue weighted by Gasteiger charge is -2.18. The molecule has 0 heterocycles. The Morgan fingerprint density at radius 2 is 0.619 bits per heavy atom. The molecule has 0 fully saturated rings. The van der Waals surface area contributed by atoms with Crippen molar-refractivity contribution in [3.8, 4) is 0 Å². The normalized spacial score (nSPS) is 12.2. The van der Waals surface area contributed by atoms with Gasteiger partial charge in [0.25, 0.3) is 0 Å². The number of esters is 3. The molecule has 6 nitrogen and oxygen atoms in total. The molecule has 0 aliphatic heterocycles. The smallest absolute Gasteiger partial charge is 0.306 e. The van der Waals surface area contributed by atoms with E-state index in [2.05, 4.69) is 57.2 Å². The molecular weight excluding hydrogens is 781 g/mol. The van der Waals surface area contributed by atoms with Gasteiger partial charge in [-0.05, 0) is 38.5 Å². The summed E-state index contributed by atoms with van der Waals surface area (Å²) in [5, 5.41) is 0. The molecular formula is C57H104O6. The quantitative estimate of drug-likeness (QED) is 0.0262. The van der Waals surface area contributed by atoms with Crippen molar-refractivity contribution in [3.63, 3.8) is 0 Å². The highest BCUT2D eigenvalue weighted by Crippen LogP contribution is 2.17. The lowest BCUT2D eigenvalue weighted by Crippen LogP contribution is -2.30. The Kier molecular flexibility index (Phi) is 50.3. The summed E-state index contributed by atoms with van der Waals surface area (Å²) in [6.07, 6.45) is 61.3. The number of carbonyl (C=O) groups is 3. The number of ether oxygens (including phenoxy) is 3. The first-order chi connectivity index (χ1) is 31.0. The van der Waals surface area contributed by atoms with E-state index in [0.717, 1.165) is 83.5 Å². The number of carbonyl (C=O) groups excluding carboxylic acids is 3. The van der Waals surface area contributed by atoms with E-state index in [4.69, 9.17) is 14.2 Å². The van der Waals surface area contributed by atoms with Gasteiger partial charge in [0.15, 0.2) is 6.10 Å². The Balaban J connectivity index is 4.34. The second-order valence-corrected chi connectivity index (χ2v) is 18.5. The van der Waals surface area contributed by atoms with E-state index in [9.17, 15) is 14.4 Å². The summed E-state index contributed by atoms with van der Waals surface area (Å²) in [4.78, 5) is 38.0. The molecule has 0 saturated carbocycles. The summed E-state index contributed by atoms with van der Waals surface area (Å²) in [5.41, 5.74) is 0. The molecule has 0 amide bonds. The zero-order valence-electron chi connectivity index (χ0n) is 42.1. The fourth-order valence-electron chi connectivity index (χ4n) is 8.09. The second-order valence-electron chi connectivity index (χ2n) is 18.5. The van der Waals surface area contributed by atoms with Crippen LogP contribution in [0.15, 0.2) is 36.5 Å². The number of unbranched alkanes of at least 4 members (excludes halogenated alkanes) is 35. The molecule has 0 aromatic carbocycles. The average Bonchev–Trinajstić information content (AvgIpc) is 3.28. The van der Waals surface area contributed by atoms with Gasteiger partial charge in [-0.25, -0.2) is 0 Å². The fourth-order valence-corrected chi connectivity index (χ4v) is 8.09. The molecule has 0 spiro atoms. The average molecular weight is 885 g/mol. The summed E-state index contributed by atoms with van der Waals surface area (Å²) >= 11 is 0. The van der Waals surface area contributed by atoms with Gasteiger partial charge >= 0.3 is 17.9 Å². The lowest BCUT2D eigenvalue weighted by molar-refractivity contribution is -0.167. The summed E-state index contributed by atoms with van der Waals surface area (Å²) in [6, 6.07) is 0. The van der Waals surface area contributed by atoms with Gasteiger partial charge in [0, 0.05) is 19.3 Å². The molecule has 0 aromatic rings. The van der Waals surface area contributed by atoms with E-state index in [0.29, 0.717) is 19.3 Å². The Morgan fingerprint density at radius 1 is 0.333 bits per heavy atom. The van der Waals surface area contributed by atoms with Crippen LogP contribution in [0.25, 0.3) is 0 Å². The number of rotatable bonds is 50. The van der Waals surface area contributed by atoms with Crippen molar-refractivity contribution in [1.82, 2.24) is 0 Å².